The van der Waals surface area contributed by atoms with Crippen LogP contribution in [0.5, 0.6) is 11.5 Å². The monoisotopic (exact) mass is 399 g/mol. The number of benzene rings is 1. The molecule has 0 bridgehead atoms. The van der Waals surface area contributed by atoms with Crippen molar-refractivity contribution in [1.29, 1.82) is 0 Å². The molecule has 6 heteroatoms. The van der Waals surface area contributed by atoms with Crippen LogP contribution in [0.4, 0.5) is 0 Å². The number of piperazine rings is 1. The Kier molecular flexibility index (Phi) is 6.98. The highest BCUT2D eigenvalue weighted by atomic mass is 16.5. The summed E-state index contributed by atoms with van der Waals surface area (Å²) < 4.78 is 12.9. The van der Waals surface area contributed by atoms with E-state index in [0.717, 1.165) is 67.7 Å². The first-order valence-corrected chi connectivity index (χ1v) is 10.3. The second kappa shape index (κ2) is 9.46. The Bertz CT molecular complexity index is 851. The number of aryl methyl sites for hydroxylation is 1. The van der Waals surface area contributed by atoms with Gasteiger partial charge in [0.1, 0.15) is 0 Å². The SMILES string of the molecule is CCn1c(C)cc(C(=O)CN2CCN(Cc3ccc(OC)c(OC)c3)CC2)c1C. The molecule has 1 aliphatic rings. The van der Waals surface area contributed by atoms with Gasteiger partial charge in [0.25, 0.3) is 0 Å². The minimum Gasteiger partial charge on any atom is -0.493 e. The topological polar surface area (TPSA) is 46.9 Å². The Morgan fingerprint density at radius 3 is 2.21 bits per heavy atom. The third-order valence-corrected chi connectivity index (χ3v) is 5.88. The summed E-state index contributed by atoms with van der Waals surface area (Å²) in [5.74, 6) is 1.74. The number of aromatic nitrogens is 1. The summed E-state index contributed by atoms with van der Waals surface area (Å²) in [6.07, 6.45) is 0. The van der Waals surface area contributed by atoms with Crippen LogP contribution in [-0.2, 0) is 13.1 Å². The first-order chi connectivity index (χ1) is 14.0. The van der Waals surface area contributed by atoms with Crippen LogP contribution >= 0.6 is 0 Å². The van der Waals surface area contributed by atoms with Gasteiger partial charge in [-0.3, -0.25) is 14.6 Å². The number of rotatable bonds is 8. The van der Waals surface area contributed by atoms with Gasteiger partial charge in [-0.1, -0.05) is 6.07 Å². The minimum atomic E-state index is 0.228. The van der Waals surface area contributed by atoms with E-state index in [1.54, 1.807) is 14.2 Å². The fraction of sp³-hybridized carbons (Fsp3) is 0.522. The molecule has 2 aromatic rings. The Morgan fingerprint density at radius 2 is 1.62 bits per heavy atom. The lowest BCUT2D eigenvalue weighted by atomic mass is 10.1. The van der Waals surface area contributed by atoms with Crippen molar-refractivity contribution in [2.24, 2.45) is 0 Å². The van der Waals surface area contributed by atoms with Gasteiger partial charge in [-0.15, -0.1) is 0 Å². The summed E-state index contributed by atoms with van der Waals surface area (Å²) in [6, 6.07) is 8.11. The zero-order valence-electron chi connectivity index (χ0n) is 18.3. The van der Waals surface area contributed by atoms with Gasteiger partial charge >= 0.3 is 0 Å². The van der Waals surface area contributed by atoms with Crippen molar-refractivity contribution >= 4 is 5.78 Å². The van der Waals surface area contributed by atoms with E-state index >= 15 is 0 Å². The molecular weight excluding hydrogens is 366 g/mol. The highest BCUT2D eigenvalue weighted by Gasteiger charge is 2.22. The van der Waals surface area contributed by atoms with Crippen LogP contribution < -0.4 is 9.47 Å². The molecule has 1 aromatic carbocycles. The third-order valence-electron chi connectivity index (χ3n) is 5.88. The van der Waals surface area contributed by atoms with Gasteiger partial charge in [-0.05, 0) is 44.5 Å². The molecule has 29 heavy (non-hydrogen) atoms. The molecule has 1 saturated heterocycles. The molecule has 2 heterocycles. The number of carbonyl (C=O) groups is 1. The van der Waals surface area contributed by atoms with Crippen LogP contribution in [0.15, 0.2) is 24.3 Å². The number of nitrogens with zero attached hydrogens (tertiary/aromatic N) is 3. The maximum atomic E-state index is 12.8. The molecule has 1 aliphatic heterocycles. The number of Topliss-reactive ketones (excluding diaryl/α,β-unsaturated/α-hetero) is 1. The molecule has 0 N–H and O–H groups in total. The Balaban J connectivity index is 1.54. The number of ketones is 1. The number of methoxy groups -OCH3 is 2. The molecule has 1 fully saturated rings. The fourth-order valence-corrected chi connectivity index (χ4v) is 4.20. The summed E-state index contributed by atoms with van der Waals surface area (Å²) in [7, 11) is 3.31. The summed E-state index contributed by atoms with van der Waals surface area (Å²) >= 11 is 0. The van der Waals surface area contributed by atoms with E-state index in [1.165, 1.54) is 5.56 Å². The summed E-state index contributed by atoms with van der Waals surface area (Å²) in [4.78, 5) is 17.5. The zero-order chi connectivity index (χ0) is 21.0. The molecule has 0 spiro atoms. The number of hydrogen-bond acceptors (Lipinski definition) is 5. The van der Waals surface area contributed by atoms with Crippen molar-refractivity contribution in [2.75, 3.05) is 46.9 Å². The molecule has 1 aromatic heterocycles. The lowest BCUT2D eigenvalue weighted by Crippen LogP contribution is -2.47. The number of hydrogen-bond donors (Lipinski definition) is 0. The van der Waals surface area contributed by atoms with E-state index in [9.17, 15) is 4.79 Å². The maximum absolute atomic E-state index is 12.8. The van der Waals surface area contributed by atoms with Gasteiger partial charge in [0.15, 0.2) is 17.3 Å². The lowest BCUT2D eigenvalue weighted by molar-refractivity contribution is 0.0843. The van der Waals surface area contributed by atoms with E-state index < -0.39 is 0 Å². The Labute approximate surface area is 174 Å². The van der Waals surface area contributed by atoms with Crippen LogP contribution in [-0.4, -0.2) is 67.1 Å². The van der Waals surface area contributed by atoms with Crippen LogP contribution in [0.2, 0.25) is 0 Å². The van der Waals surface area contributed by atoms with Crippen LogP contribution in [0.1, 0.15) is 34.2 Å². The second-order valence-corrected chi connectivity index (χ2v) is 7.69. The van der Waals surface area contributed by atoms with Crippen LogP contribution in [0.3, 0.4) is 0 Å². The summed E-state index contributed by atoms with van der Waals surface area (Å²) in [5, 5.41) is 0. The van der Waals surface area contributed by atoms with E-state index in [0.29, 0.717) is 6.54 Å². The normalized spacial score (nSPS) is 15.5. The van der Waals surface area contributed by atoms with E-state index in [4.69, 9.17) is 9.47 Å². The fourth-order valence-electron chi connectivity index (χ4n) is 4.20. The first-order valence-electron chi connectivity index (χ1n) is 10.3. The quantitative estimate of drug-likeness (QED) is 0.638. The molecular formula is C23H33N3O3. The van der Waals surface area contributed by atoms with E-state index in [1.807, 2.05) is 25.1 Å². The van der Waals surface area contributed by atoms with Crippen molar-refractivity contribution in [3.05, 3.63) is 46.8 Å². The van der Waals surface area contributed by atoms with Crippen molar-refractivity contribution in [3.63, 3.8) is 0 Å². The predicted molar refractivity (Wildman–Crippen MR) is 115 cm³/mol. The average molecular weight is 400 g/mol. The molecule has 0 unspecified atom stereocenters. The highest BCUT2D eigenvalue weighted by Crippen LogP contribution is 2.28. The Hall–Kier alpha value is -2.31. The highest BCUT2D eigenvalue weighted by molar-refractivity contribution is 5.99. The van der Waals surface area contributed by atoms with Gasteiger partial charge in [0, 0.05) is 56.2 Å². The van der Waals surface area contributed by atoms with Crippen molar-refractivity contribution in [1.82, 2.24) is 14.4 Å². The summed E-state index contributed by atoms with van der Waals surface area (Å²) in [6.45, 7) is 12.2. The van der Waals surface area contributed by atoms with Gasteiger partial charge in [-0.2, -0.15) is 0 Å². The molecule has 0 saturated carbocycles. The van der Waals surface area contributed by atoms with Gasteiger partial charge in [0.2, 0.25) is 0 Å². The molecule has 3 rings (SSSR count). The molecule has 0 atom stereocenters. The van der Waals surface area contributed by atoms with Gasteiger partial charge < -0.3 is 14.0 Å². The number of carbonyl (C=O) groups excluding carboxylic acids is 1. The maximum Gasteiger partial charge on any atom is 0.178 e. The largest absolute Gasteiger partial charge is 0.493 e. The van der Waals surface area contributed by atoms with Gasteiger partial charge in [0.05, 0.1) is 20.8 Å². The van der Waals surface area contributed by atoms with Crippen LogP contribution in [0.25, 0.3) is 0 Å². The first kappa shape index (κ1) is 21.4. The zero-order valence-corrected chi connectivity index (χ0v) is 18.3. The summed E-state index contributed by atoms with van der Waals surface area (Å²) in [5.41, 5.74) is 4.33. The van der Waals surface area contributed by atoms with E-state index in [-0.39, 0.29) is 5.78 Å². The minimum absolute atomic E-state index is 0.228. The molecule has 158 valence electrons. The number of ether oxygens (including phenoxy) is 2. The third kappa shape index (κ3) is 4.82. The van der Waals surface area contributed by atoms with Crippen molar-refractivity contribution in [2.45, 2.75) is 33.9 Å². The smallest absolute Gasteiger partial charge is 0.178 e. The van der Waals surface area contributed by atoms with Gasteiger partial charge in [-0.25, -0.2) is 0 Å². The molecule has 0 amide bonds. The van der Waals surface area contributed by atoms with Crippen molar-refractivity contribution in [3.8, 4) is 11.5 Å². The molecule has 6 nitrogen and oxygen atoms in total. The van der Waals surface area contributed by atoms with Crippen LogP contribution in [0, 0.1) is 13.8 Å². The predicted octanol–water partition coefficient (Wildman–Crippen LogP) is 3.14. The lowest BCUT2D eigenvalue weighted by Gasteiger charge is -2.34. The second-order valence-electron chi connectivity index (χ2n) is 7.69. The average Bonchev–Trinajstić information content (AvgIpc) is 3.02. The Morgan fingerprint density at radius 1 is 0.966 bits per heavy atom. The standard InChI is InChI=1S/C23H33N3O3/c1-6-26-17(2)13-20(18(26)3)21(27)16-25-11-9-24(10-12-25)15-19-7-8-22(28-4)23(14-19)29-5/h7-8,13-14H,6,9-12,15-16H2,1-5H3. The molecule has 0 aliphatic carbocycles. The molecule has 0 radical (unpaired) electrons. The van der Waals surface area contributed by atoms with E-state index in [2.05, 4.69) is 34.3 Å². The van der Waals surface area contributed by atoms with Crippen molar-refractivity contribution < 1.29 is 14.3 Å².